The second kappa shape index (κ2) is 7.94. The molecule has 1 spiro atoms. The second-order valence-corrected chi connectivity index (χ2v) is 8.31. The first-order valence-electron chi connectivity index (χ1n) is 9.36. The minimum absolute atomic E-state index is 0. The predicted molar refractivity (Wildman–Crippen MR) is 116 cm³/mol. The highest BCUT2D eigenvalue weighted by Gasteiger charge is 2.46. The molecule has 0 amide bonds. The first-order valence-corrected chi connectivity index (χ1v) is 9.74. The van der Waals surface area contributed by atoms with E-state index in [-0.39, 0.29) is 36.1 Å². The summed E-state index contributed by atoms with van der Waals surface area (Å²) in [5, 5.41) is 4.24. The largest absolute Gasteiger partial charge is 0.325 e. The third kappa shape index (κ3) is 3.17. The van der Waals surface area contributed by atoms with E-state index in [0.29, 0.717) is 12.1 Å². The van der Waals surface area contributed by atoms with Gasteiger partial charge in [-0.1, -0.05) is 18.5 Å². The van der Waals surface area contributed by atoms with Gasteiger partial charge < -0.3 is 10.2 Å². The van der Waals surface area contributed by atoms with Crippen LogP contribution in [0.2, 0.25) is 5.02 Å². The molecule has 4 nitrogen and oxygen atoms in total. The lowest BCUT2D eigenvalue weighted by molar-refractivity contribution is 0.326. The molecule has 0 saturated carbocycles. The van der Waals surface area contributed by atoms with Crippen molar-refractivity contribution in [1.29, 1.82) is 0 Å². The van der Waals surface area contributed by atoms with Crippen LogP contribution in [0, 0.1) is 0 Å². The molecule has 1 aromatic heterocycles. The Kier molecular flexibility index (Phi) is 6.12. The van der Waals surface area contributed by atoms with Crippen molar-refractivity contribution in [3.63, 3.8) is 0 Å². The first kappa shape index (κ1) is 21.6. The predicted octanol–water partition coefficient (Wildman–Crippen LogP) is 5.26. The monoisotopic (exact) mass is 444 g/mol. The van der Waals surface area contributed by atoms with E-state index >= 15 is 0 Å². The SMILES string of the molecule is C[C@@H]1C[C@@H](F)c2ncnc(N3CC4(CCNCC4)c4cc(Cl)ccc43)c21.Cl.Cl. The highest BCUT2D eigenvalue weighted by Crippen LogP contribution is 2.52. The summed E-state index contributed by atoms with van der Waals surface area (Å²) < 4.78 is 14.4. The van der Waals surface area contributed by atoms with E-state index in [9.17, 15) is 4.39 Å². The van der Waals surface area contributed by atoms with Crippen LogP contribution < -0.4 is 10.2 Å². The molecule has 1 aromatic carbocycles. The van der Waals surface area contributed by atoms with Crippen LogP contribution in [-0.4, -0.2) is 29.6 Å². The molecule has 3 aliphatic rings. The molecule has 1 fully saturated rings. The Morgan fingerprint density at radius 2 is 1.96 bits per heavy atom. The molecule has 28 heavy (non-hydrogen) atoms. The lowest BCUT2D eigenvalue weighted by atomic mass is 9.75. The van der Waals surface area contributed by atoms with E-state index in [4.69, 9.17) is 11.6 Å². The fourth-order valence-corrected chi connectivity index (χ4v) is 5.21. The molecule has 1 saturated heterocycles. The number of fused-ring (bicyclic) bond motifs is 3. The molecule has 8 heteroatoms. The van der Waals surface area contributed by atoms with Gasteiger partial charge in [0.1, 0.15) is 18.3 Å². The van der Waals surface area contributed by atoms with Crippen molar-refractivity contribution in [3.8, 4) is 0 Å². The van der Waals surface area contributed by atoms with Gasteiger partial charge in [0.15, 0.2) is 0 Å². The van der Waals surface area contributed by atoms with Gasteiger partial charge in [0, 0.05) is 28.2 Å². The number of hydrogen-bond donors (Lipinski definition) is 1. The summed E-state index contributed by atoms with van der Waals surface area (Å²) in [4.78, 5) is 11.2. The maximum atomic E-state index is 14.4. The Bertz CT molecular complexity index is 873. The quantitative estimate of drug-likeness (QED) is 0.650. The van der Waals surface area contributed by atoms with Crippen LogP contribution in [0.4, 0.5) is 15.9 Å². The van der Waals surface area contributed by atoms with Crippen LogP contribution in [-0.2, 0) is 5.41 Å². The molecule has 152 valence electrons. The Morgan fingerprint density at radius 1 is 1.21 bits per heavy atom. The summed E-state index contributed by atoms with van der Waals surface area (Å²) in [5.41, 5.74) is 4.10. The van der Waals surface area contributed by atoms with Gasteiger partial charge in [0.05, 0.1) is 5.69 Å². The molecule has 0 bridgehead atoms. The van der Waals surface area contributed by atoms with Crippen molar-refractivity contribution in [2.45, 2.75) is 43.7 Å². The zero-order valence-electron chi connectivity index (χ0n) is 15.6. The minimum Gasteiger partial charge on any atom is -0.325 e. The second-order valence-electron chi connectivity index (χ2n) is 7.88. The zero-order valence-corrected chi connectivity index (χ0v) is 18.0. The Balaban J connectivity index is 0.00000112. The number of benzene rings is 1. The van der Waals surface area contributed by atoms with Gasteiger partial charge in [-0.05, 0) is 62.0 Å². The fourth-order valence-electron chi connectivity index (χ4n) is 5.04. The molecule has 0 unspecified atom stereocenters. The Labute approximate surface area is 182 Å². The molecule has 1 aliphatic carbocycles. The summed E-state index contributed by atoms with van der Waals surface area (Å²) in [7, 11) is 0. The van der Waals surface area contributed by atoms with Crippen LogP contribution in [0.1, 0.15) is 55.1 Å². The molecule has 2 aliphatic heterocycles. The van der Waals surface area contributed by atoms with Crippen LogP contribution in [0.15, 0.2) is 24.5 Å². The van der Waals surface area contributed by atoms with Gasteiger partial charge in [-0.25, -0.2) is 14.4 Å². The first-order chi connectivity index (χ1) is 12.6. The van der Waals surface area contributed by atoms with Gasteiger partial charge in [-0.2, -0.15) is 0 Å². The van der Waals surface area contributed by atoms with Gasteiger partial charge in [-0.3, -0.25) is 0 Å². The zero-order chi connectivity index (χ0) is 17.9. The molecule has 5 rings (SSSR count). The van der Waals surface area contributed by atoms with Crippen molar-refractivity contribution < 1.29 is 4.39 Å². The standard InChI is InChI=1S/C20H22ClFN4.2ClH/c1-12-8-15(22)18-17(12)19(25-11-24-18)26-10-20(4-6-23-7-5-20)14-9-13(21)2-3-16(14)26;;/h2-3,9,11-12,15,23H,4-8,10H2,1H3;2*1H/t12-,15-;;/m1../s1. The van der Waals surface area contributed by atoms with E-state index in [1.165, 1.54) is 11.9 Å². The number of rotatable bonds is 1. The summed E-state index contributed by atoms with van der Waals surface area (Å²) in [6.45, 7) is 4.96. The molecular formula is C20H24Cl3FN4. The maximum Gasteiger partial charge on any atom is 0.143 e. The summed E-state index contributed by atoms with van der Waals surface area (Å²) in [6.07, 6.45) is 3.18. The Morgan fingerprint density at radius 3 is 2.71 bits per heavy atom. The molecule has 2 aromatic rings. The molecule has 1 N–H and O–H groups in total. The van der Waals surface area contributed by atoms with E-state index in [2.05, 4.69) is 39.2 Å². The molecule has 0 radical (unpaired) electrons. The number of aromatic nitrogens is 2. The topological polar surface area (TPSA) is 41.1 Å². The Hall–Kier alpha value is -1.14. The lowest BCUT2D eigenvalue weighted by Gasteiger charge is -2.35. The van der Waals surface area contributed by atoms with Gasteiger partial charge in [-0.15, -0.1) is 24.8 Å². The number of alkyl halides is 1. The maximum absolute atomic E-state index is 14.4. The van der Waals surface area contributed by atoms with Crippen LogP contribution >= 0.6 is 36.4 Å². The van der Waals surface area contributed by atoms with Crippen LogP contribution in [0.25, 0.3) is 0 Å². The fraction of sp³-hybridized carbons (Fsp3) is 0.500. The summed E-state index contributed by atoms with van der Waals surface area (Å²) in [5.74, 6) is 1.01. The molecule has 3 heterocycles. The average molecular weight is 446 g/mol. The number of piperidine rings is 1. The van der Waals surface area contributed by atoms with Crippen molar-refractivity contribution in [3.05, 3.63) is 46.4 Å². The third-order valence-corrected chi connectivity index (χ3v) is 6.58. The van der Waals surface area contributed by atoms with Gasteiger partial charge >= 0.3 is 0 Å². The van der Waals surface area contributed by atoms with Crippen molar-refractivity contribution >= 4 is 47.9 Å². The number of hydrogen-bond acceptors (Lipinski definition) is 4. The molecule has 2 atom stereocenters. The third-order valence-electron chi connectivity index (χ3n) is 6.34. The number of nitrogens with one attached hydrogen (secondary N) is 1. The smallest absolute Gasteiger partial charge is 0.143 e. The van der Waals surface area contributed by atoms with E-state index < -0.39 is 6.17 Å². The summed E-state index contributed by atoms with van der Waals surface area (Å²) in [6, 6.07) is 6.15. The van der Waals surface area contributed by atoms with Crippen molar-refractivity contribution in [1.82, 2.24) is 15.3 Å². The normalized spacial score (nSPS) is 24.3. The van der Waals surface area contributed by atoms with E-state index in [1.807, 2.05) is 6.07 Å². The lowest BCUT2D eigenvalue weighted by Crippen LogP contribution is -2.42. The number of nitrogens with zero attached hydrogens (tertiary/aromatic N) is 3. The summed E-state index contributed by atoms with van der Waals surface area (Å²) >= 11 is 6.35. The van der Waals surface area contributed by atoms with Crippen LogP contribution in [0.3, 0.4) is 0 Å². The highest BCUT2D eigenvalue weighted by atomic mass is 35.5. The number of anilines is 2. The van der Waals surface area contributed by atoms with Crippen molar-refractivity contribution in [2.24, 2.45) is 0 Å². The molecular weight excluding hydrogens is 422 g/mol. The van der Waals surface area contributed by atoms with E-state index in [1.54, 1.807) is 0 Å². The van der Waals surface area contributed by atoms with Crippen LogP contribution in [0.5, 0.6) is 0 Å². The highest BCUT2D eigenvalue weighted by molar-refractivity contribution is 6.30. The average Bonchev–Trinajstić information content (AvgIpc) is 3.11. The van der Waals surface area contributed by atoms with Gasteiger partial charge in [0.2, 0.25) is 0 Å². The van der Waals surface area contributed by atoms with E-state index in [0.717, 1.165) is 54.6 Å². The van der Waals surface area contributed by atoms with Crippen molar-refractivity contribution in [2.75, 3.05) is 24.5 Å². The minimum atomic E-state index is -0.984. The number of halogens is 4. The van der Waals surface area contributed by atoms with Gasteiger partial charge in [0.25, 0.3) is 0 Å².